The van der Waals surface area contributed by atoms with Crippen molar-refractivity contribution in [2.24, 2.45) is 0 Å². The number of ether oxygens (including phenoxy) is 1. The van der Waals surface area contributed by atoms with Gasteiger partial charge < -0.3 is 14.5 Å². The normalized spacial score (nSPS) is 10.0. The SMILES string of the molecule is COC(=O)c1ccccc1NC(=O)c1ccc(Br)o1. The molecule has 2 aromatic rings. The molecule has 0 spiro atoms. The summed E-state index contributed by atoms with van der Waals surface area (Å²) in [5, 5.41) is 2.60. The zero-order chi connectivity index (χ0) is 13.8. The Hall–Kier alpha value is -2.08. The molecule has 1 N–H and O–H groups in total. The number of hydrogen-bond donors (Lipinski definition) is 1. The predicted octanol–water partition coefficient (Wildman–Crippen LogP) is 3.08. The summed E-state index contributed by atoms with van der Waals surface area (Å²) in [5.74, 6) is -0.815. The van der Waals surface area contributed by atoms with Gasteiger partial charge in [-0.1, -0.05) is 12.1 Å². The van der Waals surface area contributed by atoms with Crippen LogP contribution in [-0.4, -0.2) is 19.0 Å². The molecular formula is C13H10BrNO4. The Morgan fingerprint density at radius 1 is 1.21 bits per heavy atom. The predicted molar refractivity (Wildman–Crippen MR) is 72.1 cm³/mol. The average Bonchev–Trinajstić information content (AvgIpc) is 2.85. The van der Waals surface area contributed by atoms with Crippen molar-refractivity contribution in [1.29, 1.82) is 0 Å². The Balaban J connectivity index is 2.24. The van der Waals surface area contributed by atoms with Crippen molar-refractivity contribution in [3.63, 3.8) is 0 Å². The first-order chi connectivity index (χ1) is 9.11. The second-order valence-electron chi connectivity index (χ2n) is 3.60. The second-order valence-corrected chi connectivity index (χ2v) is 4.38. The molecule has 1 amide bonds. The number of halogens is 1. The highest BCUT2D eigenvalue weighted by molar-refractivity contribution is 9.10. The number of carbonyl (C=O) groups excluding carboxylic acids is 2. The van der Waals surface area contributed by atoms with Crippen LogP contribution in [0.15, 0.2) is 45.5 Å². The molecule has 0 aliphatic heterocycles. The van der Waals surface area contributed by atoms with Crippen molar-refractivity contribution >= 4 is 33.5 Å². The first-order valence-electron chi connectivity index (χ1n) is 5.36. The maximum absolute atomic E-state index is 11.9. The molecular weight excluding hydrogens is 314 g/mol. The molecule has 0 aliphatic rings. The second kappa shape index (κ2) is 5.71. The lowest BCUT2D eigenvalue weighted by molar-refractivity contribution is 0.0602. The maximum Gasteiger partial charge on any atom is 0.339 e. The van der Waals surface area contributed by atoms with Gasteiger partial charge in [-0.3, -0.25) is 4.79 Å². The summed E-state index contributed by atoms with van der Waals surface area (Å²) in [4.78, 5) is 23.5. The Bertz CT molecular complexity index is 621. The van der Waals surface area contributed by atoms with Gasteiger partial charge in [0.1, 0.15) is 0 Å². The summed E-state index contributed by atoms with van der Waals surface area (Å²) in [7, 11) is 1.28. The topological polar surface area (TPSA) is 68.5 Å². The molecule has 0 saturated carbocycles. The summed E-state index contributed by atoms with van der Waals surface area (Å²) in [6.45, 7) is 0. The van der Waals surface area contributed by atoms with E-state index in [1.807, 2.05) is 0 Å². The first-order valence-corrected chi connectivity index (χ1v) is 6.15. The molecule has 1 heterocycles. The molecule has 0 saturated heterocycles. The van der Waals surface area contributed by atoms with Crippen molar-refractivity contribution in [3.05, 3.63) is 52.4 Å². The van der Waals surface area contributed by atoms with Gasteiger partial charge in [0.25, 0.3) is 5.91 Å². The number of methoxy groups -OCH3 is 1. The number of nitrogens with one attached hydrogen (secondary N) is 1. The molecule has 19 heavy (non-hydrogen) atoms. The van der Waals surface area contributed by atoms with Gasteiger partial charge >= 0.3 is 5.97 Å². The van der Waals surface area contributed by atoms with E-state index in [9.17, 15) is 9.59 Å². The van der Waals surface area contributed by atoms with Crippen molar-refractivity contribution in [2.75, 3.05) is 12.4 Å². The lowest BCUT2D eigenvalue weighted by Gasteiger charge is -2.08. The fraction of sp³-hybridized carbons (Fsp3) is 0.0769. The molecule has 0 fully saturated rings. The monoisotopic (exact) mass is 323 g/mol. The number of amides is 1. The third-order valence-corrected chi connectivity index (χ3v) is 2.80. The molecule has 98 valence electrons. The number of rotatable bonds is 3. The molecule has 0 aliphatic carbocycles. The van der Waals surface area contributed by atoms with E-state index in [1.54, 1.807) is 30.3 Å². The van der Waals surface area contributed by atoms with Gasteiger partial charge in [-0.25, -0.2) is 4.79 Å². The smallest absolute Gasteiger partial charge is 0.339 e. The minimum absolute atomic E-state index is 0.145. The largest absolute Gasteiger partial charge is 0.465 e. The van der Waals surface area contributed by atoms with E-state index in [2.05, 4.69) is 26.0 Å². The van der Waals surface area contributed by atoms with Gasteiger partial charge in [0, 0.05) is 0 Å². The summed E-state index contributed by atoms with van der Waals surface area (Å²) in [5.41, 5.74) is 0.649. The van der Waals surface area contributed by atoms with E-state index >= 15 is 0 Å². The third kappa shape index (κ3) is 3.03. The fourth-order valence-corrected chi connectivity index (χ4v) is 1.81. The van der Waals surface area contributed by atoms with E-state index in [4.69, 9.17) is 4.42 Å². The number of anilines is 1. The van der Waals surface area contributed by atoms with Crippen molar-refractivity contribution < 1.29 is 18.7 Å². The zero-order valence-corrected chi connectivity index (χ0v) is 11.6. The fourth-order valence-electron chi connectivity index (χ4n) is 1.50. The van der Waals surface area contributed by atoms with E-state index in [-0.39, 0.29) is 11.3 Å². The number of benzene rings is 1. The molecule has 1 aromatic carbocycles. The van der Waals surface area contributed by atoms with Gasteiger partial charge in [-0.05, 0) is 40.2 Å². The minimum Gasteiger partial charge on any atom is -0.465 e. The van der Waals surface area contributed by atoms with Crippen molar-refractivity contribution in [2.45, 2.75) is 0 Å². The van der Waals surface area contributed by atoms with Crippen LogP contribution in [0.1, 0.15) is 20.9 Å². The molecule has 6 heteroatoms. The number of furan rings is 1. The van der Waals surface area contributed by atoms with Crippen LogP contribution in [0.4, 0.5) is 5.69 Å². The van der Waals surface area contributed by atoms with Crippen LogP contribution >= 0.6 is 15.9 Å². The van der Waals surface area contributed by atoms with Gasteiger partial charge in [-0.2, -0.15) is 0 Å². The van der Waals surface area contributed by atoms with E-state index < -0.39 is 11.9 Å². The highest BCUT2D eigenvalue weighted by Crippen LogP contribution is 2.19. The first kappa shape index (κ1) is 13.4. The Morgan fingerprint density at radius 3 is 2.58 bits per heavy atom. The summed E-state index contributed by atoms with van der Waals surface area (Å²) in [6, 6.07) is 9.72. The molecule has 5 nitrogen and oxygen atoms in total. The van der Waals surface area contributed by atoms with Crippen LogP contribution in [0, 0.1) is 0 Å². The summed E-state index contributed by atoms with van der Waals surface area (Å²) >= 11 is 3.11. The Morgan fingerprint density at radius 2 is 1.95 bits per heavy atom. The van der Waals surface area contributed by atoms with Crippen molar-refractivity contribution in [1.82, 2.24) is 0 Å². The average molecular weight is 324 g/mol. The van der Waals surface area contributed by atoms with Gasteiger partial charge in [0.05, 0.1) is 18.4 Å². The van der Waals surface area contributed by atoms with E-state index in [0.717, 1.165) is 0 Å². The quantitative estimate of drug-likeness (QED) is 0.881. The molecule has 2 rings (SSSR count). The molecule has 1 aromatic heterocycles. The highest BCUT2D eigenvalue weighted by atomic mass is 79.9. The van der Waals surface area contributed by atoms with Crippen molar-refractivity contribution in [3.8, 4) is 0 Å². The van der Waals surface area contributed by atoms with Gasteiger partial charge in [-0.15, -0.1) is 0 Å². The van der Waals surface area contributed by atoms with Crippen LogP contribution in [0.2, 0.25) is 0 Å². The van der Waals surface area contributed by atoms with E-state index in [1.165, 1.54) is 13.2 Å². The lowest BCUT2D eigenvalue weighted by Crippen LogP contribution is -2.14. The molecule has 0 unspecified atom stereocenters. The van der Waals surface area contributed by atoms with Gasteiger partial charge in [0.15, 0.2) is 10.4 Å². The zero-order valence-electron chi connectivity index (χ0n) is 9.98. The molecule has 0 atom stereocenters. The number of hydrogen-bond acceptors (Lipinski definition) is 4. The summed E-state index contributed by atoms with van der Waals surface area (Å²) in [6.07, 6.45) is 0. The van der Waals surface area contributed by atoms with Crippen LogP contribution in [0.3, 0.4) is 0 Å². The number of carbonyl (C=O) groups is 2. The number of esters is 1. The molecule has 0 radical (unpaired) electrons. The summed E-state index contributed by atoms with van der Waals surface area (Å²) < 4.78 is 10.2. The lowest BCUT2D eigenvalue weighted by atomic mass is 10.2. The standard InChI is InChI=1S/C13H10BrNO4/c1-18-13(17)8-4-2-3-5-9(8)15-12(16)10-6-7-11(14)19-10/h2-7H,1H3,(H,15,16). The highest BCUT2D eigenvalue weighted by Gasteiger charge is 2.16. The maximum atomic E-state index is 11.9. The van der Waals surface area contributed by atoms with Crippen LogP contribution in [0.25, 0.3) is 0 Å². The van der Waals surface area contributed by atoms with Crippen LogP contribution in [-0.2, 0) is 4.74 Å². The van der Waals surface area contributed by atoms with Crippen LogP contribution < -0.4 is 5.32 Å². The molecule has 0 bridgehead atoms. The van der Waals surface area contributed by atoms with Gasteiger partial charge in [0.2, 0.25) is 0 Å². The van der Waals surface area contributed by atoms with E-state index in [0.29, 0.717) is 10.4 Å². The number of para-hydroxylation sites is 1. The minimum atomic E-state index is -0.517. The third-order valence-electron chi connectivity index (χ3n) is 2.38. The Labute approximate surface area is 117 Å². The van der Waals surface area contributed by atoms with Crippen LogP contribution in [0.5, 0.6) is 0 Å². The Kier molecular flexibility index (Phi) is 4.01.